The molecule has 0 unspecified atom stereocenters. The predicted molar refractivity (Wildman–Crippen MR) is 97.0 cm³/mol. The minimum absolute atomic E-state index is 0.0807. The standard InChI is InChI=1S/C16H18N4O2S/c1-12-3-2-4-14(11-12)19-16(23)18-10-9-17-13-5-7-15(8-6-13)20(21)22/h2-8,11,17H,9-10H2,1H3,(H2,18,19,23). The molecule has 0 aromatic heterocycles. The van der Waals surface area contributed by atoms with E-state index in [0.29, 0.717) is 18.2 Å². The van der Waals surface area contributed by atoms with E-state index >= 15 is 0 Å². The highest BCUT2D eigenvalue weighted by Gasteiger charge is 2.03. The van der Waals surface area contributed by atoms with Crippen LogP contribution in [0.1, 0.15) is 5.56 Å². The zero-order valence-electron chi connectivity index (χ0n) is 12.7. The number of hydrogen-bond donors (Lipinski definition) is 3. The zero-order chi connectivity index (χ0) is 16.7. The van der Waals surface area contributed by atoms with Crippen LogP contribution in [0, 0.1) is 17.0 Å². The van der Waals surface area contributed by atoms with Crippen LogP contribution in [0.25, 0.3) is 0 Å². The summed E-state index contributed by atoms with van der Waals surface area (Å²) in [5.74, 6) is 0. The number of nitrogens with one attached hydrogen (secondary N) is 3. The number of rotatable bonds is 6. The summed E-state index contributed by atoms with van der Waals surface area (Å²) >= 11 is 5.23. The molecule has 0 fully saturated rings. The van der Waals surface area contributed by atoms with E-state index in [2.05, 4.69) is 16.0 Å². The van der Waals surface area contributed by atoms with E-state index in [-0.39, 0.29) is 5.69 Å². The molecule has 0 aliphatic heterocycles. The maximum absolute atomic E-state index is 10.6. The summed E-state index contributed by atoms with van der Waals surface area (Å²) in [4.78, 5) is 10.2. The van der Waals surface area contributed by atoms with Crippen LogP contribution in [0.3, 0.4) is 0 Å². The first-order valence-electron chi connectivity index (χ1n) is 7.14. The van der Waals surface area contributed by atoms with Crippen molar-refractivity contribution in [1.29, 1.82) is 0 Å². The van der Waals surface area contributed by atoms with Gasteiger partial charge < -0.3 is 16.0 Å². The van der Waals surface area contributed by atoms with Crippen molar-refractivity contribution >= 4 is 34.4 Å². The number of nitrogens with zero attached hydrogens (tertiary/aromatic N) is 1. The van der Waals surface area contributed by atoms with Crippen LogP contribution in [0.2, 0.25) is 0 Å². The van der Waals surface area contributed by atoms with E-state index < -0.39 is 4.92 Å². The second-order valence-electron chi connectivity index (χ2n) is 4.98. The molecular weight excluding hydrogens is 312 g/mol. The predicted octanol–water partition coefficient (Wildman–Crippen LogP) is 3.30. The number of anilines is 2. The molecule has 0 bridgehead atoms. The Bertz CT molecular complexity index is 689. The summed E-state index contributed by atoms with van der Waals surface area (Å²) in [6, 6.07) is 14.3. The highest BCUT2D eigenvalue weighted by molar-refractivity contribution is 7.80. The van der Waals surface area contributed by atoms with E-state index in [0.717, 1.165) is 16.9 Å². The van der Waals surface area contributed by atoms with Crippen molar-refractivity contribution in [3.05, 3.63) is 64.2 Å². The first-order valence-corrected chi connectivity index (χ1v) is 7.55. The molecule has 23 heavy (non-hydrogen) atoms. The largest absolute Gasteiger partial charge is 0.383 e. The number of benzene rings is 2. The van der Waals surface area contributed by atoms with Crippen molar-refractivity contribution in [3.63, 3.8) is 0 Å². The Morgan fingerprint density at radius 1 is 1.13 bits per heavy atom. The summed E-state index contributed by atoms with van der Waals surface area (Å²) in [6.45, 7) is 3.30. The lowest BCUT2D eigenvalue weighted by Gasteiger charge is -2.12. The van der Waals surface area contributed by atoms with Crippen molar-refractivity contribution in [1.82, 2.24) is 5.32 Å². The fourth-order valence-electron chi connectivity index (χ4n) is 1.98. The lowest BCUT2D eigenvalue weighted by molar-refractivity contribution is -0.384. The van der Waals surface area contributed by atoms with Crippen molar-refractivity contribution < 1.29 is 4.92 Å². The summed E-state index contributed by atoms with van der Waals surface area (Å²) in [5.41, 5.74) is 3.02. The molecule has 6 nitrogen and oxygen atoms in total. The molecule has 2 aromatic carbocycles. The van der Waals surface area contributed by atoms with E-state index in [1.54, 1.807) is 12.1 Å². The van der Waals surface area contributed by atoms with Gasteiger partial charge in [0.25, 0.3) is 5.69 Å². The Kier molecular flexibility index (Phi) is 5.87. The smallest absolute Gasteiger partial charge is 0.269 e. The number of nitro benzene ring substituents is 1. The number of thiocarbonyl (C=S) groups is 1. The summed E-state index contributed by atoms with van der Waals surface area (Å²) in [7, 11) is 0. The van der Waals surface area contributed by atoms with Crippen molar-refractivity contribution in [2.45, 2.75) is 6.92 Å². The Morgan fingerprint density at radius 3 is 2.52 bits per heavy atom. The minimum atomic E-state index is -0.416. The van der Waals surface area contributed by atoms with Crippen LogP contribution in [0.15, 0.2) is 48.5 Å². The maximum atomic E-state index is 10.6. The molecule has 0 saturated heterocycles. The Morgan fingerprint density at radius 2 is 1.87 bits per heavy atom. The third-order valence-electron chi connectivity index (χ3n) is 3.09. The molecule has 0 radical (unpaired) electrons. The maximum Gasteiger partial charge on any atom is 0.269 e. The van der Waals surface area contributed by atoms with E-state index in [1.807, 2.05) is 31.2 Å². The van der Waals surface area contributed by atoms with Gasteiger partial charge in [0.1, 0.15) is 0 Å². The molecule has 0 amide bonds. The molecule has 0 spiro atoms. The Hall–Kier alpha value is -2.67. The van der Waals surface area contributed by atoms with Crippen LogP contribution < -0.4 is 16.0 Å². The number of aryl methyl sites for hydroxylation is 1. The second-order valence-corrected chi connectivity index (χ2v) is 5.39. The SMILES string of the molecule is Cc1cccc(NC(=S)NCCNc2ccc([N+](=O)[O-])cc2)c1. The first kappa shape index (κ1) is 16.7. The zero-order valence-corrected chi connectivity index (χ0v) is 13.5. The van der Waals surface area contributed by atoms with Gasteiger partial charge in [0.05, 0.1) is 4.92 Å². The molecule has 0 heterocycles. The average Bonchev–Trinajstić information content (AvgIpc) is 2.52. The fraction of sp³-hybridized carbons (Fsp3) is 0.188. The number of non-ortho nitro benzene ring substituents is 1. The molecule has 3 N–H and O–H groups in total. The Balaban J connectivity index is 1.70. The highest BCUT2D eigenvalue weighted by Crippen LogP contribution is 2.14. The van der Waals surface area contributed by atoms with Gasteiger partial charge in [-0.05, 0) is 49.0 Å². The molecule has 7 heteroatoms. The lowest BCUT2D eigenvalue weighted by atomic mass is 10.2. The van der Waals surface area contributed by atoms with Crippen LogP contribution in [0.4, 0.5) is 17.1 Å². The molecule has 0 atom stereocenters. The number of nitro groups is 1. The van der Waals surface area contributed by atoms with Gasteiger partial charge in [0.15, 0.2) is 5.11 Å². The normalized spacial score (nSPS) is 9.96. The quantitative estimate of drug-likeness (QED) is 0.326. The van der Waals surface area contributed by atoms with Crippen LogP contribution in [-0.2, 0) is 0 Å². The summed E-state index contributed by atoms with van der Waals surface area (Å²) in [6.07, 6.45) is 0. The third kappa shape index (κ3) is 5.55. The molecule has 2 aromatic rings. The van der Waals surface area contributed by atoms with E-state index in [1.165, 1.54) is 12.1 Å². The van der Waals surface area contributed by atoms with Gasteiger partial charge in [-0.1, -0.05) is 12.1 Å². The lowest BCUT2D eigenvalue weighted by Crippen LogP contribution is -2.32. The Labute approximate surface area is 140 Å². The van der Waals surface area contributed by atoms with E-state index in [4.69, 9.17) is 12.2 Å². The van der Waals surface area contributed by atoms with Gasteiger partial charge in [-0.25, -0.2) is 0 Å². The molecule has 0 aliphatic rings. The monoisotopic (exact) mass is 330 g/mol. The molecule has 120 valence electrons. The van der Waals surface area contributed by atoms with Gasteiger partial charge in [0.2, 0.25) is 0 Å². The van der Waals surface area contributed by atoms with Crippen molar-refractivity contribution in [2.75, 3.05) is 23.7 Å². The van der Waals surface area contributed by atoms with Gasteiger partial charge >= 0.3 is 0 Å². The van der Waals surface area contributed by atoms with Crippen molar-refractivity contribution in [3.8, 4) is 0 Å². The topological polar surface area (TPSA) is 79.2 Å². The van der Waals surface area contributed by atoms with E-state index in [9.17, 15) is 10.1 Å². The summed E-state index contributed by atoms with van der Waals surface area (Å²) in [5, 5.41) is 20.5. The average molecular weight is 330 g/mol. The number of hydrogen-bond acceptors (Lipinski definition) is 4. The van der Waals surface area contributed by atoms with Gasteiger partial charge in [0, 0.05) is 36.6 Å². The second kappa shape index (κ2) is 8.09. The first-order chi connectivity index (χ1) is 11.0. The van der Waals surface area contributed by atoms with Gasteiger partial charge in [-0.2, -0.15) is 0 Å². The fourth-order valence-corrected chi connectivity index (χ4v) is 2.20. The van der Waals surface area contributed by atoms with Gasteiger partial charge in [-0.15, -0.1) is 0 Å². The minimum Gasteiger partial charge on any atom is -0.383 e. The van der Waals surface area contributed by atoms with Gasteiger partial charge in [-0.3, -0.25) is 10.1 Å². The third-order valence-corrected chi connectivity index (χ3v) is 3.34. The highest BCUT2D eigenvalue weighted by atomic mass is 32.1. The van der Waals surface area contributed by atoms with Crippen molar-refractivity contribution in [2.24, 2.45) is 0 Å². The van der Waals surface area contributed by atoms with Crippen LogP contribution in [0.5, 0.6) is 0 Å². The molecule has 2 rings (SSSR count). The summed E-state index contributed by atoms with van der Waals surface area (Å²) < 4.78 is 0. The van der Waals surface area contributed by atoms with Crippen LogP contribution >= 0.6 is 12.2 Å². The molecular formula is C16H18N4O2S. The molecule has 0 saturated carbocycles. The molecule has 0 aliphatic carbocycles. The van der Waals surface area contributed by atoms with Crippen LogP contribution in [-0.4, -0.2) is 23.1 Å².